The number of unbranched alkanes of at least 4 members (excludes halogenated alkanes) is 2. The SMILES string of the molecule is C=C(CCF)C(=O)N(CCCCCC(=O)OC)c1cccc(/C(N)=N/O)c1. The van der Waals surface area contributed by atoms with Gasteiger partial charge in [0.15, 0.2) is 5.84 Å². The van der Waals surface area contributed by atoms with Gasteiger partial charge >= 0.3 is 5.97 Å². The van der Waals surface area contributed by atoms with Crippen LogP contribution in [0.15, 0.2) is 41.6 Å². The van der Waals surface area contributed by atoms with E-state index in [1.54, 1.807) is 24.3 Å². The van der Waals surface area contributed by atoms with Gasteiger partial charge in [-0.05, 0) is 25.0 Å². The van der Waals surface area contributed by atoms with Gasteiger partial charge in [-0.2, -0.15) is 0 Å². The van der Waals surface area contributed by atoms with Gasteiger partial charge in [-0.3, -0.25) is 14.0 Å². The maximum Gasteiger partial charge on any atom is 0.305 e. The first-order valence-corrected chi connectivity index (χ1v) is 8.65. The number of oxime groups is 1. The lowest BCUT2D eigenvalue weighted by Gasteiger charge is -2.24. The minimum atomic E-state index is -0.665. The summed E-state index contributed by atoms with van der Waals surface area (Å²) in [6, 6.07) is 6.65. The Bertz CT molecular complexity index is 691. The molecule has 0 bridgehead atoms. The molecule has 0 aliphatic heterocycles. The Labute approximate surface area is 158 Å². The van der Waals surface area contributed by atoms with E-state index >= 15 is 0 Å². The van der Waals surface area contributed by atoms with E-state index in [0.717, 1.165) is 0 Å². The van der Waals surface area contributed by atoms with Gasteiger partial charge in [0.1, 0.15) is 0 Å². The van der Waals surface area contributed by atoms with Crippen molar-refractivity contribution < 1.29 is 23.9 Å². The minimum Gasteiger partial charge on any atom is -0.469 e. The number of nitrogens with two attached hydrogens (primary N) is 1. The number of esters is 1. The van der Waals surface area contributed by atoms with Crippen molar-refractivity contribution in [1.29, 1.82) is 0 Å². The Morgan fingerprint density at radius 1 is 1.30 bits per heavy atom. The molecule has 0 spiro atoms. The molecule has 0 saturated heterocycles. The molecule has 0 aliphatic rings. The molecule has 0 aromatic heterocycles. The second-order valence-corrected chi connectivity index (χ2v) is 5.92. The van der Waals surface area contributed by atoms with Crippen molar-refractivity contribution in [3.63, 3.8) is 0 Å². The van der Waals surface area contributed by atoms with Crippen molar-refractivity contribution >= 4 is 23.4 Å². The van der Waals surface area contributed by atoms with Gasteiger partial charge in [0.2, 0.25) is 0 Å². The van der Waals surface area contributed by atoms with Gasteiger partial charge in [0.05, 0.1) is 13.8 Å². The fourth-order valence-electron chi connectivity index (χ4n) is 2.47. The number of rotatable bonds is 11. The van der Waals surface area contributed by atoms with Crippen LogP contribution in [-0.4, -0.2) is 43.2 Å². The van der Waals surface area contributed by atoms with Gasteiger partial charge in [0.25, 0.3) is 5.91 Å². The van der Waals surface area contributed by atoms with Crippen LogP contribution >= 0.6 is 0 Å². The van der Waals surface area contributed by atoms with E-state index in [1.165, 1.54) is 12.0 Å². The molecule has 0 fully saturated rings. The third-order valence-corrected chi connectivity index (χ3v) is 4.00. The average molecular weight is 379 g/mol. The van der Waals surface area contributed by atoms with E-state index in [2.05, 4.69) is 16.5 Å². The summed E-state index contributed by atoms with van der Waals surface area (Å²) >= 11 is 0. The Hall–Kier alpha value is -2.90. The molecule has 0 saturated carbocycles. The normalized spacial score (nSPS) is 11.1. The molecule has 8 heteroatoms. The fraction of sp³-hybridized carbons (Fsp3) is 0.421. The maximum absolute atomic E-state index is 12.7. The molecule has 3 N–H and O–H groups in total. The lowest BCUT2D eigenvalue weighted by Crippen LogP contribution is -2.33. The summed E-state index contributed by atoms with van der Waals surface area (Å²) in [6.07, 6.45) is 2.27. The van der Waals surface area contributed by atoms with E-state index in [4.69, 9.17) is 10.9 Å². The molecular formula is C19H26FN3O4. The third-order valence-electron chi connectivity index (χ3n) is 4.00. The quantitative estimate of drug-likeness (QED) is 0.117. The Morgan fingerprint density at radius 2 is 2.04 bits per heavy atom. The summed E-state index contributed by atoms with van der Waals surface area (Å²) in [6.45, 7) is 3.36. The van der Waals surface area contributed by atoms with Crippen LogP contribution in [0.3, 0.4) is 0 Å². The smallest absolute Gasteiger partial charge is 0.305 e. The van der Waals surface area contributed by atoms with Crippen molar-refractivity contribution in [1.82, 2.24) is 0 Å². The summed E-state index contributed by atoms with van der Waals surface area (Å²) in [4.78, 5) is 25.3. The van der Waals surface area contributed by atoms with Crippen LogP contribution in [0.5, 0.6) is 0 Å². The topological polar surface area (TPSA) is 105 Å². The Morgan fingerprint density at radius 3 is 2.67 bits per heavy atom. The largest absolute Gasteiger partial charge is 0.469 e. The molecule has 7 nitrogen and oxygen atoms in total. The van der Waals surface area contributed by atoms with Gasteiger partial charge in [-0.25, -0.2) is 0 Å². The number of nitrogens with zero attached hydrogens (tertiary/aromatic N) is 2. The van der Waals surface area contributed by atoms with Crippen LogP contribution in [-0.2, 0) is 14.3 Å². The van der Waals surface area contributed by atoms with E-state index in [1.807, 2.05) is 0 Å². The Kier molecular flexibility index (Phi) is 9.57. The van der Waals surface area contributed by atoms with Crippen LogP contribution < -0.4 is 10.6 Å². The van der Waals surface area contributed by atoms with E-state index in [-0.39, 0.29) is 29.7 Å². The number of anilines is 1. The number of halogens is 1. The molecule has 0 aliphatic carbocycles. The molecule has 27 heavy (non-hydrogen) atoms. The van der Waals surface area contributed by atoms with E-state index in [0.29, 0.717) is 43.5 Å². The second kappa shape index (κ2) is 11.7. The van der Waals surface area contributed by atoms with Gasteiger partial charge in [-0.1, -0.05) is 30.3 Å². The first-order chi connectivity index (χ1) is 12.9. The summed E-state index contributed by atoms with van der Waals surface area (Å²) in [5.41, 5.74) is 6.77. The monoisotopic (exact) mass is 379 g/mol. The highest BCUT2D eigenvalue weighted by molar-refractivity contribution is 6.06. The maximum atomic E-state index is 12.7. The number of alkyl halides is 1. The van der Waals surface area contributed by atoms with Crippen LogP contribution in [0, 0.1) is 0 Å². The first kappa shape index (κ1) is 22.1. The van der Waals surface area contributed by atoms with Crippen molar-refractivity contribution in [2.45, 2.75) is 32.1 Å². The molecule has 1 aromatic carbocycles. The molecule has 0 unspecified atom stereocenters. The molecule has 1 aromatic rings. The summed E-state index contributed by atoms with van der Waals surface area (Å²) < 4.78 is 17.2. The van der Waals surface area contributed by atoms with Crippen molar-refractivity contribution in [3.8, 4) is 0 Å². The average Bonchev–Trinajstić information content (AvgIpc) is 2.69. The van der Waals surface area contributed by atoms with Gasteiger partial charge < -0.3 is 20.6 Å². The number of methoxy groups -OCH3 is 1. The third kappa shape index (κ3) is 7.08. The minimum absolute atomic E-state index is 0.0440. The predicted octanol–water partition coefficient (Wildman–Crippen LogP) is 2.76. The van der Waals surface area contributed by atoms with E-state index < -0.39 is 6.67 Å². The molecule has 1 amide bonds. The zero-order valence-electron chi connectivity index (χ0n) is 15.5. The van der Waals surface area contributed by atoms with Crippen molar-refractivity contribution in [2.75, 3.05) is 25.2 Å². The summed E-state index contributed by atoms with van der Waals surface area (Å²) in [5, 5.41) is 11.8. The molecular weight excluding hydrogens is 353 g/mol. The number of carbonyl (C=O) groups excluding carboxylic acids is 2. The highest BCUT2D eigenvalue weighted by atomic mass is 19.1. The van der Waals surface area contributed by atoms with Crippen molar-refractivity contribution in [2.24, 2.45) is 10.9 Å². The molecule has 148 valence electrons. The van der Waals surface area contributed by atoms with E-state index in [9.17, 15) is 14.0 Å². The lowest BCUT2D eigenvalue weighted by atomic mass is 10.1. The van der Waals surface area contributed by atoms with Gasteiger partial charge in [0, 0.05) is 36.2 Å². The van der Waals surface area contributed by atoms with Crippen LogP contribution in [0.4, 0.5) is 10.1 Å². The van der Waals surface area contributed by atoms with Crippen molar-refractivity contribution in [3.05, 3.63) is 42.0 Å². The number of amides is 1. The molecule has 0 heterocycles. The second-order valence-electron chi connectivity index (χ2n) is 5.92. The molecule has 1 rings (SSSR count). The van der Waals surface area contributed by atoms with Crippen LogP contribution in [0.1, 0.15) is 37.7 Å². The molecule has 0 atom stereocenters. The van der Waals surface area contributed by atoms with Crippen LogP contribution in [0.2, 0.25) is 0 Å². The first-order valence-electron chi connectivity index (χ1n) is 8.65. The zero-order valence-corrected chi connectivity index (χ0v) is 15.5. The number of hydrogen-bond donors (Lipinski definition) is 2. The number of amidine groups is 1. The Balaban J connectivity index is 2.90. The summed E-state index contributed by atoms with van der Waals surface area (Å²) in [7, 11) is 1.34. The fourth-order valence-corrected chi connectivity index (χ4v) is 2.47. The van der Waals surface area contributed by atoms with Gasteiger partial charge in [-0.15, -0.1) is 0 Å². The number of benzene rings is 1. The lowest BCUT2D eigenvalue weighted by molar-refractivity contribution is -0.140. The number of carbonyl (C=O) groups is 2. The summed E-state index contributed by atoms with van der Waals surface area (Å²) in [5.74, 6) is -0.729. The standard InChI is InChI=1S/C19H26FN3O4/c1-14(10-11-20)19(25)23(12-5-3-4-9-17(24)27-2)16-8-6-7-15(13-16)18(21)22-26/h6-8,13,26H,1,3-5,9-12H2,2H3,(H2,21,22). The highest BCUT2D eigenvalue weighted by Gasteiger charge is 2.19. The van der Waals surface area contributed by atoms with Crippen LogP contribution in [0.25, 0.3) is 0 Å². The highest BCUT2D eigenvalue weighted by Crippen LogP contribution is 2.20. The molecule has 0 radical (unpaired) electrons. The predicted molar refractivity (Wildman–Crippen MR) is 102 cm³/mol. The number of ether oxygens (including phenoxy) is 1. The zero-order chi connectivity index (χ0) is 20.2. The number of hydrogen-bond acceptors (Lipinski definition) is 5.